The zero-order chi connectivity index (χ0) is 20.5. The molecule has 0 aliphatic carbocycles. The van der Waals surface area contributed by atoms with Gasteiger partial charge in [-0.25, -0.2) is 0 Å². The van der Waals surface area contributed by atoms with Crippen molar-refractivity contribution in [3.63, 3.8) is 0 Å². The first-order chi connectivity index (χ1) is 13.3. The van der Waals surface area contributed by atoms with E-state index in [2.05, 4.69) is 32.1 Å². The van der Waals surface area contributed by atoms with Gasteiger partial charge in [0.05, 0.1) is 4.47 Å². The molecule has 0 aliphatic rings. The van der Waals surface area contributed by atoms with Gasteiger partial charge >= 0.3 is 0 Å². The fourth-order valence-corrected chi connectivity index (χ4v) is 2.78. The fraction of sp³-hybridized carbons (Fsp3) is 0.211. The second-order valence-electron chi connectivity index (χ2n) is 5.87. The minimum Gasteiger partial charge on any atom is -0.484 e. The molecule has 0 saturated carbocycles. The Morgan fingerprint density at radius 2 is 1.57 bits per heavy atom. The van der Waals surface area contributed by atoms with Crippen LogP contribution in [0, 0.1) is 13.8 Å². The Morgan fingerprint density at radius 3 is 2.25 bits per heavy atom. The molecule has 2 aromatic carbocycles. The predicted molar refractivity (Wildman–Crippen MR) is 113 cm³/mol. The monoisotopic (exact) mass is 465 g/mol. The normalized spacial score (nSPS) is 9.96. The minimum atomic E-state index is -0.463. The number of nitrogens with one attached hydrogen (secondary N) is 3. The maximum Gasteiger partial charge on any atom is 0.276 e. The van der Waals surface area contributed by atoms with E-state index in [-0.39, 0.29) is 18.3 Å². The van der Waals surface area contributed by atoms with Crippen molar-refractivity contribution in [3.05, 3.63) is 58.1 Å². The summed E-state index contributed by atoms with van der Waals surface area (Å²) >= 11 is 8.32. The maximum absolute atomic E-state index is 11.9. The van der Waals surface area contributed by atoms with Crippen LogP contribution in [0.4, 0.5) is 0 Å². The van der Waals surface area contributed by atoms with Crippen LogP contribution in [0.3, 0.4) is 0 Å². The molecule has 0 aromatic heterocycles. The minimum absolute atomic E-state index is 0.0553. The number of carbonyl (C=O) groups is 2. The van der Waals surface area contributed by atoms with Gasteiger partial charge in [0.2, 0.25) is 0 Å². The average Bonchev–Trinajstić information content (AvgIpc) is 2.65. The van der Waals surface area contributed by atoms with E-state index in [1.165, 1.54) is 0 Å². The molecule has 2 amide bonds. The van der Waals surface area contributed by atoms with Crippen LogP contribution in [0.2, 0.25) is 0 Å². The highest BCUT2D eigenvalue weighted by Crippen LogP contribution is 2.25. The molecule has 3 N–H and O–H groups in total. The third kappa shape index (κ3) is 7.53. The summed E-state index contributed by atoms with van der Waals surface area (Å²) in [6, 6.07) is 12.8. The molecule has 2 rings (SSSR count). The Labute approximate surface area is 176 Å². The number of rotatable bonds is 6. The van der Waals surface area contributed by atoms with Crippen molar-refractivity contribution in [2.45, 2.75) is 13.8 Å². The lowest BCUT2D eigenvalue weighted by Crippen LogP contribution is -2.50. The number of halogens is 1. The van der Waals surface area contributed by atoms with Gasteiger partial charge in [-0.05, 0) is 71.8 Å². The Bertz CT molecular complexity index is 859. The van der Waals surface area contributed by atoms with Gasteiger partial charge in [0.25, 0.3) is 11.8 Å². The van der Waals surface area contributed by atoms with Crippen LogP contribution in [-0.4, -0.2) is 30.1 Å². The molecule has 0 bridgehead atoms. The molecule has 0 heterocycles. The zero-order valence-electron chi connectivity index (χ0n) is 15.4. The van der Waals surface area contributed by atoms with E-state index in [0.29, 0.717) is 11.5 Å². The molecule has 7 nitrogen and oxygen atoms in total. The van der Waals surface area contributed by atoms with Crippen molar-refractivity contribution in [2.24, 2.45) is 0 Å². The lowest BCUT2D eigenvalue weighted by molar-refractivity contribution is -0.124. The molecular weight excluding hydrogens is 446 g/mol. The largest absolute Gasteiger partial charge is 0.484 e. The van der Waals surface area contributed by atoms with Crippen molar-refractivity contribution < 1.29 is 19.1 Å². The molecule has 148 valence electrons. The molecule has 0 aliphatic heterocycles. The molecule has 2 aromatic rings. The summed E-state index contributed by atoms with van der Waals surface area (Å²) in [4.78, 5) is 23.6. The van der Waals surface area contributed by atoms with Crippen LogP contribution in [0.25, 0.3) is 0 Å². The number of carbonyl (C=O) groups excluding carboxylic acids is 2. The first-order valence-electron chi connectivity index (χ1n) is 8.30. The Morgan fingerprint density at radius 1 is 0.929 bits per heavy atom. The topological polar surface area (TPSA) is 88.7 Å². The molecule has 0 spiro atoms. The number of hydrogen-bond acceptors (Lipinski definition) is 5. The first kappa shape index (κ1) is 21.6. The summed E-state index contributed by atoms with van der Waals surface area (Å²) in [6.07, 6.45) is 0. The smallest absolute Gasteiger partial charge is 0.276 e. The summed E-state index contributed by atoms with van der Waals surface area (Å²) in [5, 5.41) is 2.35. The van der Waals surface area contributed by atoms with Crippen molar-refractivity contribution in [1.29, 1.82) is 0 Å². The Hall–Kier alpha value is -2.65. The van der Waals surface area contributed by atoms with Gasteiger partial charge in [-0.1, -0.05) is 23.8 Å². The van der Waals surface area contributed by atoms with E-state index in [1.807, 2.05) is 38.1 Å². The molecule has 0 radical (unpaired) electrons. The first-order valence-corrected chi connectivity index (χ1v) is 9.50. The Kier molecular flexibility index (Phi) is 8.21. The van der Waals surface area contributed by atoms with Gasteiger partial charge in [0.1, 0.15) is 11.5 Å². The number of benzene rings is 2. The maximum atomic E-state index is 11.9. The van der Waals surface area contributed by atoms with Gasteiger partial charge in [-0.15, -0.1) is 0 Å². The standard InChI is InChI=1S/C19H20BrN3O4S/c1-12-3-6-14(7-4-12)26-11-18(25)22-23-19(28)21-17(24)10-27-16-8-5-13(2)9-15(16)20/h3-9H,10-11H2,1-2H3,(H,22,25)(H2,21,23,24,28). The second-order valence-corrected chi connectivity index (χ2v) is 7.14. The highest BCUT2D eigenvalue weighted by molar-refractivity contribution is 9.10. The molecule has 0 fully saturated rings. The van der Waals surface area contributed by atoms with Gasteiger partial charge in [0.15, 0.2) is 18.3 Å². The van der Waals surface area contributed by atoms with E-state index in [9.17, 15) is 9.59 Å². The number of hydrogen-bond donors (Lipinski definition) is 3. The highest BCUT2D eigenvalue weighted by Gasteiger charge is 2.09. The number of thiocarbonyl (C=S) groups is 1. The zero-order valence-corrected chi connectivity index (χ0v) is 17.8. The van der Waals surface area contributed by atoms with Crippen molar-refractivity contribution >= 4 is 45.1 Å². The fourth-order valence-electron chi connectivity index (χ4n) is 2.01. The lowest BCUT2D eigenvalue weighted by Gasteiger charge is -2.12. The van der Waals surface area contributed by atoms with Crippen LogP contribution in [-0.2, 0) is 9.59 Å². The van der Waals surface area contributed by atoms with E-state index in [1.54, 1.807) is 18.2 Å². The van der Waals surface area contributed by atoms with Crippen molar-refractivity contribution in [3.8, 4) is 11.5 Å². The SMILES string of the molecule is Cc1ccc(OCC(=O)NNC(=S)NC(=O)COc2ccc(C)cc2Br)cc1. The van der Waals surface area contributed by atoms with E-state index < -0.39 is 11.8 Å². The quantitative estimate of drug-likeness (QED) is 0.448. The third-order valence-electron chi connectivity index (χ3n) is 3.41. The summed E-state index contributed by atoms with van der Waals surface area (Å²) < 4.78 is 11.5. The van der Waals surface area contributed by atoms with Gasteiger partial charge in [0, 0.05) is 0 Å². The third-order valence-corrected chi connectivity index (χ3v) is 4.23. The summed E-state index contributed by atoms with van der Waals surface area (Å²) in [5.41, 5.74) is 6.93. The molecule has 0 unspecified atom stereocenters. The second kappa shape index (κ2) is 10.6. The average molecular weight is 466 g/mol. The molecule has 9 heteroatoms. The molecule has 0 saturated heterocycles. The van der Waals surface area contributed by atoms with Gasteiger partial charge in [-0.3, -0.25) is 25.8 Å². The Balaban J connectivity index is 1.66. The van der Waals surface area contributed by atoms with E-state index in [0.717, 1.165) is 15.6 Å². The van der Waals surface area contributed by atoms with Gasteiger partial charge < -0.3 is 9.47 Å². The summed E-state index contributed by atoms with van der Waals surface area (Å²) in [6.45, 7) is 3.48. The predicted octanol–water partition coefficient (Wildman–Crippen LogP) is 2.55. The van der Waals surface area contributed by atoms with E-state index >= 15 is 0 Å². The van der Waals surface area contributed by atoms with E-state index in [4.69, 9.17) is 21.7 Å². The number of hydrazine groups is 1. The van der Waals surface area contributed by atoms with Crippen LogP contribution in [0.15, 0.2) is 46.9 Å². The molecule has 28 heavy (non-hydrogen) atoms. The van der Waals surface area contributed by atoms with Crippen molar-refractivity contribution in [2.75, 3.05) is 13.2 Å². The van der Waals surface area contributed by atoms with Crippen LogP contribution in [0.1, 0.15) is 11.1 Å². The number of amides is 2. The molecule has 0 atom stereocenters. The van der Waals surface area contributed by atoms with Crippen molar-refractivity contribution in [1.82, 2.24) is 16.2 Å². The van der Waals surface area contributed by atoms with Crippen LogP contribution < -0.4 is 25.6 Å². The molecular formula is C19H20BrN3O4S. The lowest BCUT2D eigenvalue weighted by atomic mass is 10.2. The van der Waals surface area contributed by atoms with Gasteiger partial charge in [-0.2, -0.15) is 0 Å². The summed E-state index contributed by atoms with van der Waals surface area (Å²) in [7, 11) is 0. The van der Waals surface area contributed by atoms with Crippen LogP contribution in [0.5, 0.6) is 11.5 Å². The number of aryl methyl sites for hydroxylation is 2. The van der Waals surface area contributed by atoms with Crippen LogP contribution >= 0.6 is 28.1 Å². The summed E-state index contributed by atoms with van der Waals surface area (Å²) in [5.74, 6) is 0.212. The highest BCUT2D eigenvalue weighted by atomic mass is 79.9. The number of ether oxygens (including phenoxy) is 2.